The second-order valence-electron chi connectivity index (χ2n) is 10.7. The van der Waals surface area contributed by atoms with E-state index in [0.29, 0.717) is 60.0 Å². The number of fused-ring (bicyclic) bond motifs is 1. The number of aromatic nitrogens is 2. The second-order valence-corrected chi connectivity index (χ2v) is 11.1. The predicted molar refractivity (Wildman–Crippen MR) is 159 cm³/mol. The number of nitrogens with one attached hydrogen (secondary N) is 2. The Hall–Kier alpha value is -3.88. The van der Waals surface area contributed by atoms with Crippen LogP contribution in [-0.4, -0.2) is 73.9 Å². The monoisotopic (exact) mass is 583 g/mol. The first kappa shape index (κ1) is 30.1. The minimum Gasteiger partial charge on any atom is -0.478 e. The van der Waals surface area contributed by atoms with Crippen LogP contribution in [0.4, 0.5) is 21.7 Å². The number of hydrogen-bond acceptors (Lipinski definition) is 8. The van der Waals surface area contributed by atoms with Crippen LogP contribution in [-0.2, 0) is 11.3 Å². The van der Waals surface area contributed by atoms with Gasteiger partial charge < -0.3 is 29.7 Å². The number of benzene rings is 1. The van der Waals surface area contributed by atoms with Crippen LogP contribution in [0.15, 0.2) is 35.1 Å². The van der Waals surface area contributed by atoms with E-state index in [1.165, 1.54) is 7.05 Å². The lowest BCUT2D eigenvalue weighted by Gasteiger charge is -2.38. The molecule has 12 heteroatoms. The Morgan fingerprint density at radius 2 is 1.95 bits per heavy atom. The molecule has 4 rings (SSSR count). The zero-order valence-electron chi connectivity index (χ0n) is 23.9. The van der Waals surface area contributed by atoms with Crippen molar-refractivity contribution in [2.75, 3.05) is 57.6 Å². The number of rotatable bonds is 9. The van der Waals surface area contributed by atoms with E-state index in [-0.39, 0.29) is 40.7 Å². The lowest BCUT2D eigenvalue weighted by molar-refractivity contribution is -0.122. The number of likely N-dealkylation sites (N-methyl/N-ethyl adjacent to an activating group) is 2. The molecule has 1 aromatic carbocycles. The summed E-state index contributed by atoms with van der Waals surface area (Å²) in [5.41, 5.74) is 1.33. The van der Waals surface area contributed by atoms with Gasteiger partial charge in [0.25, 0.3) is 11.5 Å². The zero-order valence-corrected chi connectivity index (χ0v) is 24.6. The van der Waals surface area contributed by atoms with Crippen molar-refractivity contribution in [3.8, 4) is 11.8 Å². The van der Waals surface area contributed by atoms with Gasteiger partial charge in [-0.05, 0) is 44.4 Å². The summed E-state index contributed by atoms with van der Waals surface area (Å²) in [6, 6.07) is 10.8. The maximum absolute atomic E-state index is 14.5. The molecule has 218 valence electrons. The first-order valence-electron chi connectivity index (χ1n) is 13.4. The van der Waals surface area contributed by atoms with Gasteiger partial charge in [-0.25, -0.2) is 9.37 Å². The van der Waals surface area contributed by atoms with E-state index >= 15 is 0 Å². The van der Waals surface area contributed by atoms with Crippen LogP contribution in [0.1, 0.15) is 19.4 Å². The van der Waals surface area contributed by atoms with Crippen LogP contribution in [0.3, 0.4) is 0 Å². The molecule has 1 fully saturated rings. The van der Waals surface area contributed by atoms with Crippen LogP contribution in [0.25, 0.3) is 10.9 Å². The molecule has 1 saturated heterocycles. The molecular weight excluding hydrogens is 549 g/mol. The zero-order chi connectivity index (χ0) is 29.8. The van der Waals surface area contributed by atoms with E-state index in [4.69, 9.17) is 21.3 Å². The molecular formula is C29H35ClFN7O3. The fourth-order valence-electron chi connectivity index (χ4n) is 5.01. The molecule has 10 nitrogen and oxygen atoms in total. The smallest absolute Gasteiger partial charge is 0.293 e. The number of amides is 1. The largest absolute Gasteiger partial charge is 0.478 e. The molecule has 1 aliphatic rings. The normalized spacial score (nSPS) is 18.8. The molecule has 3 heterocycles. The van der Waals surface area contributed by atoms with Crippen molar-refractivity contribution in [1.82, 2.24) is 19.8 Å². The molecule has 1 unspecified atom stereocenters. The summed E-state index contributed by atoms with van der Waals surface area (Å²) in [5, 5.41) is 16.4. The number of ether oxygens (including phenoxy) is 1. The van der Waals surface area contributed by atoms with E-state index in [0.717, 1.165) is 0 Å². The van der Waals surface area contributed by atoms with Crippen molar-refractivity contribution >= 4 is 45.7 Å². The quantitative estimate of drug-likeness (QED) is 0.391. The summed E-state index contributed by atoms with van der Waals surface area (Å²) in [6.45, 7) is 5.35. The van der Waals surface area contributed by atoms with Gasteiger partial charge in [0.15, 0.2) is 18.2 Å². The molecule has 1 amide bonds. The standard InChI is InChI=1S/C29H35ClFN7O3/c1-17-14-37(15-18(2)26(17)31)28-20(13-32)11-22(30)27(35-28)34-21-6-7-23-19(10-21)12-24(41-16-25(39)33-3)29(40)38(23)9-8-36(4)5/h6-7,10-12,17-18,26H,8-9,14-16H2,1-5H3,(H,33,39)(H,34,35)/t17-,18+,26?. The van der Waals surface area contributed by atoms with Gasteiger partial charge in [0, 0.05) is 56.1 Å². The molecule has 3 aromatic rings. The number of piperidine rings is 1. The summed E-state index contributed by atoms with van der Waals surface area (Å²) >= 11 is 6.53. The number of pyridine rings is 2. The van der Waals surface area contributed by atoms with Crippen LogP contribution in [0.2, 0.25) is 5.02 Å². The molecule has 41 heavy (non-hydrogen) atoms. The third-order valence-electron chi connectivity index (χ3n) is 7.21. The van der Waals surface area contributed by atoms with Crippen molar-refractivity contribution in [1.29, 1.82) is 5.26 Å². The minimum atomic E-state index is -0.917. The van der Waals surface area contributed by atoms with Crippen LogP contribution < -0.4 is 25.8 Å². The summed E-state index contributed by atoms with van der Waals surface area (Å²) in [6.07, 6.45) is -0.917. The third kappa shape index (κ3) is 6.72. The molecule has 1 aliphatic heterocycles. The highest BCUT2D eigenvalue weighted by Crippen LogP contribution is 2.34. The molecule has 0 saturated carbocycles. The van der Waals surface area contributed by atoms with Crippen molar-refractivity contribution in [2.45, 2.75) is 26.6 Å². The number of alkyl halides is 1. The average molecular weight is 584 g/mol. The predicted octanol–water partition coefficient (Wildman–Crippen LogP) is 3.78. The van der Waals surface area contributed by atoms with Crippen molar-refractivity contribution in [2.24, 2.45) is 11.8 Å². The van der Waals surface area contributed by atoms with Gasteiger partial charge in [-0.15, -0.1) is 0 Å². The Morgan fingerprint density at radius 1 is 1.24 bits per heavy atom. The van der Waals surface area contributed by atoms with Gasteiger partial charge in [-0.2, -0.15) is 5.26 Å². The molecule has 3 atom stereocenters. The highest BCUT2D eigenvalue weighted by Gasteiger charge is 2.33. The average Bonchev–Trinajstić information content (AvgIpc) is 2.94. The molecule has 0 bridgehead atoms. The lowest BCUT2D eigenvalue weighted by atomic mass is 9.89. The number of halogens is 2. The van der Waals surface area contributed by atoms with Gasteiger partial charge in [0.05, 0.1) is 16.1 Å². The van der Waals surface area contributed by atoms with Crippen molar-refractivity contribution in [3.63, 3.8) is 0 Å². The van der Waals surface area contributed by atoms with Crippen LogP contribution >= 0.6 is 11.6 Å². The lowest BCUT2D eigenvalue weighted by Crippen LogP contribution is -2.46. The van der Waals surface area contributed by atoms with E-state index < -0.39 is 6.17 Å². The SMILES string of the molecule is CNC(=O)COc1cc2cc(Nc3nc(N4C[C@@H](C)C(F)[C@@H](C)C4)c(C#N)cc3Cl)ccc2n(CCN(C)C)c1=O. The first-order valence-corrected chi connectivity index (χ1v) is 13.8. The molecule has 0 spiro atoms. The minimum absolute atomic E-state index is 0.0633. The Bertz CT molecular complexity index is 1530. The fourth-order valence-corrected chi connectivity index (χ4v) is 5.21. The highest BCUT2D eigenvalue weighted by atomic mass is 35.5. The number of carbonyl (C=O) groups is 1. The summed E-state index contributed by atoms with van der Waals surface area (Å²) in [7, 11) is 5.34. The van der Waals surface area contributed by atoms with Crippen LogP contribution in [0, 0.1) is 23.2 Å². The topological polar surface area (TPSA) is 116 Å². The van der Waals surface area contributed by atoms with Crippen molar-refractivity contribution in [3.05, 3.63) is 51.3 Å². The highest BCUT2D eigenvalue weighted by molar-refractivity contribution is 6.33. The summed E-state index contributed by atoms with van der Waals surface area (Å²) in [5.74, 6) is 0.104. The number of nitrogens with zero attached hydrogens (tertiary/aromatic N) is 5. The first-order chi connectivity index (χ1) is 19.5. The maximum atomic E-state index is 14.5. The van der Waals surface area contributed by atoms with E-state index in [1.807, 2.05) is 55.9 Å². The van der Waals surface area contributed by atoms with Gasteiger partial charge in [0.1, 0.15) is 18.1 Å². The van der Waals surface area contributed by atoms with Gasteiger partial charge in [-0.1, -0.05) is 25.4 Å². The summed E-state index contributed by atoms with van der Waals surface area (Å²) in [4.78, 5) is 33.6. The van der Waals surface area contributed by atoms with Gasteiger partial charge in [-0.3, -0.25) is 9.59 Å². The Labute approximate surface area is 243 Å². The number of nitriles is 1. The van der Waals surface area contributed by atoms with Crippen molar-refractivity contribution < 1.29 is 13.9 Å². The molecule has 2 aromatic heterocycles. The van der Waals surface area contributed by atoms with E-state index in [9.17, 15) is 19.2 Å². The molecule has 0 radical (unpaired) electrons. The van der Waals surface area contributed by atoms with Gasteiger partial charge in [0.2, 0.25) is 0 Å². The fraction of sp³-hybridized carbons (Fsp3) is 0.448. The van der Waals surface area contributed by atoms with E-state index in [1.54, 1.807) is 16.7 Å². The maximum Gasteiger partial charge on any atom is 0.293 e. The number of anilines is 3. The van der Waals surface area contributed by atoms with Gasteiger partial charge >= 0.3 is 0 Å². The Kier molecular flexibility index (Phi) is 9.35. The van der Waals surface area contributed by atoms with E-state index in [2.05, 4.69) is 16.7 Å². The Morgan fingerprint density at radius 3 is 2.59 bits per heavy atom. The summed E-state index contributed by atoms with van der Waals surface area (Å²) < 4.78 is 21.7. The number of carbonyl (C=O) groups excluding carboxylic acids is 1. The molecule has 2 N–H and O–H groups in total. The Balaban J connectivity index is 1.72. The molecule has 0 aliphatic carbocycles. The second kappa shape index (κ2) is 12.7. The van der Waals surface area contributed by atoms with Crippen LogP contribution in [0.5, 0.6) is 5.75 Å². The number of hydrogen-bond donors (Lipinski definition) is 2. The third-order valence-corrected chi connectivity index (χ3v) is 7.50.